The van der Waals surface area contributed by atoms with Gasteiger partial charge in [-0.25, -0.2) is 8.42 Å². The Bertz CT molecular complexity index is 1250. The van der Waals surface area contributed by atoms with Gasteiger partial charge in [0.25, 0.3) is 0 Å². The van der Waals surface area contributed by atoms with Crippen LogP contribution >= 0.6 is 11.6 Å². The summed E-state index contributed by atoms with van der Waals surface area (Å²) in [4.78, 5) is 12.5. The fourth-order valence-corrected chi connectivity index (χ4v) is 12.1. The van der Waals surface area contributed by atoms with Gasteiger partial charge in [-0.1, -0.05) is 57.8 Å². The van der Waals surface area contributed by atoms with E-state index >= 15 is 0 Å². The molecule has 0 unspecified atom stereocenters. The Morgan fingerprint density at radius 1 is 1.07 bits per heavy atom. The van der Waals surface area contributed by atoms with Crippen molar-refractivity contribution in [2.75, 3.05) is 18.1 Å². The highest BCUT2D eigenvalue weighted by Gasteiger charge is 2.64. The molecule has 0 bridgehead atoms. The number of benzene rings is 1. The zero-order chi connectivity index (χ0) is 31.2. The summed E-state index contributed by atoms with van der Waals surface area (Å²) >= 11 is 6.00. The van der Waals surface area contributed by atoms with E-state index in [-0.39, 0.29) is 41.3 Å². The van der Waals surface area contributed by atoms with E-state index in [4.69, 9.17) is 16.3 Å². The number of hydrogen-bond donors (Lipinski definition) is 2. The van der Waals surface area contributed by atoms with Crippen LogP contribution in [0, 0.1) is 52.3 Å². The van der Waals surface area contributed by atoms with Crippen LogP contribution in [-0.4, -0.2) is 54.9 Å². The summed E-state index contributed by atoms with van der Waals surface area (Å²) in [6, 6.07) is 7.11. The van der Waals surface area contributed by atoms with Crippen molar-refractivity contribution in [3.8, 4) is 0 Å². The molecule has 4 aliphatic rings. The number of sulfone groups is 1. The molecule has 0 spiro atoms. The molecular weight excluding hydrogens is 584 g/mol. The Kier molecular flexibility index (Phi) is 9.98. The molecule has 0 aromatic heterocycles. The van der Waals surface area contributed by atoms with Gasteiger partial charge < -0.3 is 14.9 Å². The summed E-state index contributed by atoms with van der Waals surface area (Å²) in [5, 5.41) is 23.0. The van der Waals surface area contributed by atoms with Gasteiger partial charge in [0, 0.05) is 5.02 Å². The van der Waals surface area contributed by atoms with E-state index in [1.165, 1.54) is 0 Å². The zero-order valence-electron chi connectivity index (χ0n) is 26.5. The summed E-state index contributed by atoms with van der Waals surface area (Å²) in [5.74, 6) is 1.40. The molecule has 4 fully saturated rings. The maximum atomic E-state index is 12.6. The van der Waals surface area contributed by atoms with Crippen molar-refractivity contribution in [3.63, 3.8) is 0 Å². The second-order valence-corrected chi connectivity index (χ2v) is 17.7. The van der Waals surface area contributed by atoms with Gasteiger partial charge in [-0.3, -0.25) is 4.79 Å². The van der Waals surface area contributed by atoms with Crippen LogP contribution in [-0.2, 0) is 25.8 Å². The number of esters is 1. The molecule has 4 aliphatic carbocycles. The number of aryl methyl sites for hydroxylation is 1. The summed E-state index contributed by atoms with van der Waals surface area (Å²) < 4.78 is 30.6. The monoisotopic (exact) mass is 636 g/mol. The van der Waals surface area contributed by atoms with Crippen molar-refractivity contribution in [1.82, 2.24) is 0 Å². The van der Waals surface area contributed by atoms with Gasteiger partial charge in [0.2, 0.25) is 0 Å². The third-order valence-electron chi connectivity index (χ3n) is 12.9. The summed E-state index contributed by atoms with van der Waals surface area (Å²) in [7, 11) is -3.58. The minimum Gasteiger partial charge on any atom is -0.465 e. The topological polar surface area (TPSA) is 101 Å². The number of carbonyl (C=O) groups excluding carboxylic acids is 1. The first-order valence-corrected chi connectivity index (χ1v) is 19.0. The fraction of sp³-hybridized carbons (Fsp3) is 0.800. The average molecular weight is 637 g/mol. The first-order valence-electron chi connectivity index (χ1n) is 16.8. The van der Waals surface area contributed by atoms with Crippen LogP contribution in [0.15, 0.2) is 24.3 Å². The lowest BCUT2D eigenvalue weighted by Crippen LogP contribution is -2.62. The predicted octanol–water partition coefficient (Wildman–Crippen LogP) is 6.49. The molecule has 11 atom stereocenters. The molecule has 1 aromatic carbocycles. The number of fused-ring (bicyclic) bond motifs is 5. The van der Waals surface area contributed by atoms with Gasteiger partial charge in [0.15, 0.2) is 9.84 Å². The van der Waals surface area contributed by atoms with Crippen molar-refractivity contribution >= 4 is 27.4 Å². The standard InChI is InChI=1S/C35H53ClO6S/c1-5-26-30-20-25(37)11-15-35(30,4)29-12-16-34(3)27(9-10-28(34)32(29)33(26)39)22(2)13-17-42-31(38)21-43(40,41)18-14-23-7-6-8-24(36)19-23/h6-8,19,22,25-30,32-33,37,39H,5,9-18,20-21H2,1-4H3/t22-,25-,26-,27-,28+,29+,30+,32+,33-,34-,35-/m1/s1. The van der Waals surface area contributed by atoms with Crippen LogP contribution in [0.4, 0.5) is 0 Å². The van der Waals surface area contributed by atoms with Crippen LogP contribution in [0.2, 0.25) is 5.02 Å². The highest BCUT2D eigenvalue weighted by molar-refractivity contribution is 7.92. The molecule has 0 aliphatic heterocycles. The second-order valence-electron chi connectivity index (χ2n) is 15.1. The van der Waals surface area contributed by atoms with Crippen LogP contribution in [0.3, 0.4) is 0 Å². The second kappa shape index (κ2) is 12.9. The highest BCUT2D eigenvalue weighted by atomic mass is 35.5. The van der Waals surface area contributed by atoms with Gasteiger partial charge in [0.05, 0.1) is 24.6 Å². The minimum absolute atomic E-state index is 0.117. The number of ether oxygens (including phenoxy) is 1. The number of hydrogen-bond acceptors (Lipinski definition) is 6. The molecule has 1 aromatic rings. The number of aliphatic hydroxyl groups excluding tert-OH is 2. The van der Waals surface area contributed by atoms with E-state index in [0.29, 0.717) is 53.4 Å². The van der Waals surface area contributed by atoms with E-state index in [0.717, 1.165) is 56.9 Å². The number of aliphatic hydroxyl groups is 2. The molecule has 0 radical (unpaired) electrons. The quantitative estimate of drug-likeness (QED) is 0.285. The Hall–Kier alpha value is -1.15. The van der Waals surface area contributed by atoms with E-state index in [2.05, 4.69) is 27.7 Å². The molecule has 5 rings (SSSR count). The van der Waals surface area contributed by atoms with Crippen LogP contribution in [0.1, 0.15) is 91.0 Å². The molecule has 0 amide bonds. The lowest BCUT2D eigenvalue weighted by Gasteiger charge is -2.64. The molecule has 43 heavy (non-hydrogen) atoms. The Morgan fingerprint density at radius 3 is 2.51 bits per heavy atom. The minimum atomic E-state index is -3.58. The number of carbonyl (C=O) groups is 1. The average Bonchev–Trinajstić information content (AvgIpc) is 3.30. The van der Waals surface area contributed by atoms with Gasteiger partial charge in [-0.15, -0.1) is 0 Å². The summed E-state index contributed by atoms with van der Waals surface area (Å²) in [6.07, 6.45) is 8.78. The first kappa shape index (κ1) is 33.2. The highest BCUT2D eigenvalue weighted by Crippen LogP contribution is 2.69. The lowest BCUT2D eigenvalue weighted by molar-refractivity contribution is -0.203. The van der Waals surface area contributed by atoms with E-state index < -0.39 is 21.6 Å². The molecular formula is C35H53ClO6S. The van der Waals surface area contributed by atoms with Crippen molar-refractivity contribution in [1.29, 1.82) is 0 Å². The van der Waals surface area contributed by atoms with E-state index in [1.807, 2.05) is 6.07 Å². The largest absolute Gasteiger partial charge is 0.465 e. The molecule has 2 N–H and O–H groups in total. The lowest BCUT2D eigenvalue weighted by atomic mass is 9.41. The Balaban J connectivity index is 1.16. The third kappa shape index (κ3) is 6.57. The predicted molar refractivity (Wildman–Crippen MR) is 170 cm³/mol. The molecule has 0 saturated heterocycles. The molecule has 4 saturated carbocycles. The number of rotatable bonds is 10. The van der Waals surface area contributed by atoms with Crippen molar-refractivity contribution in [3.05, 3.63) is 34.9 Å². The molecule has 8 heteroatoms. The number of halogens is 1. The van der Waals surface area contributed by atoms with Crippen LogP contribution in [0.5, 0.6) is 0 Å². The van der Waals surface area contributed by atoms with Gasteiger partial charge >= 0.3 is 5.97 Å². The van der Waals surface area contributed by atoms with Gasteiger partial charge in [-0.05, 0) is 128 Å². The normalized spacial score (nSPS) is 39.8. The van der Waals surface area contributed by atoms with Crippen LogP contribution in [0.25, 0.3) is 0 Å². The van der Waals surface area contributed by atoms with Crippen LogP contribution < -0.4 is 0 Å². The maximum absolute atomic E-state index is 12.6. The summed E-state index contributed by atoms with van der Waals surface area (Å²) in [6.45, 7) is 9.62. The summed E-state index contributed by atoms with van der Waals surface area (Å²) in [5.41, 5.74) is 1.16. The molecule has 6 nitrogen and oxygen atoms in total. The van der Waals surface area contributed by atoms with Crippen molar-refractivity contribution in [2.45, 2.75) is 104 Å². The van der Waals surface area contributed by atoms with E-state index in [1.54, 1.807) is 18.2 Å². The van der Waals surface area contributed by atoms with Crippen molar-refractivity contribution in [2.24, 2.45) is 52.3 Å². The third-order valence-corrected chi connectivity index (χ3v) is 14.7. The van der Waals surface area contributed by atoms with E-state index in [9.17, 15) is 23.4 Å². The van der Waals surface area contributed by atoms with Gasteiger partial charge in [-0.2, -0.15) is 0 Å². The SMILES string of the molecule is CC[C@H]1[C@@H](O)[C@@H]2[C@H](CC[C@]3(C)[C@@H]([C@H](C)CCOC(=O)CS(=O)(=O)CCc4cccc(Cl)c4)CC[C@@H]23)[C@@]2(C)CC[C@@H](O)C[C@@H]12. The van der Waals surface area contributed by atoms with Gasteiger partial charge in [0.1, 0.15) is 5.75 Å². The Labute approximate surface area is 264 Å². The fourth-order valence-electron chi connectivity index (χ4n) is 10.8. The Morgan fingerprint density at radius 2 is 1.79 bits per heavy atom. The molecule has 242 valence electrons. The zero-order valence-corrected chi connectivity index (χ0v) is 28.1. The first-order chi connectivity index (χ1) is 20.3. The maximum Gasteiger partial charge on any atom is 0.321 e. The van der Waals surface area contributed by atoms with Crippen molar-refractivity contribution < 1.29 is 28.2 Å². The smallest absolute Gasteiger partial charge is 0.321 e. The molecule has 0 heterocycles.